The van der Waals surface area contributed by atoms with Crippen LogP contribution in [0.15, 0.2) is 91.0 Å². The lowest BCUT2D eigenvalue weighted by Gasteiger charge is -2.46. The first kappa shape index (κ1) is 72.7. The van der Waals surface area contributed by atoms with E-state index < -0.39 is 7.32 Å². The molecule has 9 heteroatoms. The molecule has 0 spiro atoms. The van der Waals surface area contributed by atoms with Crippen LogP contribution in [0.2, 0.25) is 20.1 Å². The monoisotopic (exact) mass is 1190 g/mol. The van der Waals surface area contributed by atoms with Crippen LogP contribution in [-0.4, -0.2) is 31.4 Å². The van der Waals surface area contributed by atoms with Crippen LogP contribution < -0.4 is 14.0 Å². The topological polar surface area (TPSA) is 27.7 Å². The van der Waals surface area contributed by atoms with Gasteiger partial charge in [-0.3, -0.25) is 0 Å². The van der Waals surface area contributed by atoms with E-state index in [1.54, 1.807) is 24.3 Å². The summed E-state index contributed by atoms with van der Waals surface area (Å²) < 4.78 is 21.3. The predicted molar refractivity (Wildman–Crippen MR) is 357 cm³/mol. The van der Waals surface area contributed by atoms with Gasteiger partial charge in [-0.1, -0.05) is 273 Å². The molecule has 0 fully saturated rings. The van der Waals surface area contributed by atoms with E-state index in [0.717, 1.165) is 26.7 Å². The maximum Gasteiger partial charge on any atom is 0.864 e. The summed E-state index contributed by atoms with van der Waals surface area (Å²) in [7, 11) is -1.07. The fourth-order valence-electron chi connectivity index (χ4n) is 11.6. The molecule has 0 aliphatic carbocycles. The quantitative estimate of drug-likeness (QED) is 0.0191. The van der Waals surface area contributed by atoms with E-state index in [2.05, 4.69) is 45.9 Å². The van der Waals surface area contributed by atoms with Crippen molar-refractivity contribution >= 4 is 53.7 Å². The lowest BCUT2D eigenvalue weighted by atomic mass is 9.92. The molecule has 0 N–H and O–H groups in total. The number of nitrogens with zero attached hydrogens (tertiary/aromatic N) is 1. The van der Waals surface area contributed by atoms with Crippen LogP contribution >= 0.6 is 46.4 Å². The Morgan fingerprint density at radius 3 is 0.963 bits per heavy atom. The lowest BCUT2D eigenvalue weighted by molar-refractivity contribution is -0.958. The standard InChI is InChI=1S/C66H110BCl3NO3.C6H4Cl/c1-5-9-13-17-21-25-29-33-37-41-55-71(56-42-38-34-30-26-22-18-14-10-6-2,57-43-39-35-31-27-23-19-15-11-7-3)65(44-40-36-32-28-24-20-16-12-8-4)64-58-61(70)49-54-66(64)74-67(72-62-50-45-59(68)46-51-62)73-63-52-47-60(69)48-53-63;7-6-4-2-1-3-5-6/h45-54,58,65H,5-44,55-57H2,1-4H3;2-5H/q+1;-1. The van der Waals surface area contributed by atoms with Crippen LogP contribution in [0.25, 0.3) is 0 Å². The molecule has 1 unspecified atom stereocenters. The van der Waals surface area contributed by atoms with Crippen molar-refractivity contribution in [2.75, 3.05) is 19.6 Å². The Labute approximate surface area is 519 Å². The summed E-state index contributed by atoms with van der Waals surface area (Å²) in [4.78, 5) is 0. The molecule has 0 heterocycles. The molecule has 1 atom stereocenters. The number of hydrogen-bond acceptors (Lipinski definition) is 3. The molecule has 4 aromatic carbocycles. The minimum Gasteiger partial charge on any atom is -0.490 e. The molecule has 0 aromatic heterocycles. The van der Waals surface area contributed by atoms with Crippen molar-refractivity contribution in [3.63, 3.8) is 0 Å². The highest BCUT2D eigenvalue weighted by Crippen LogP contribution is 2.42. The van der Waals surface area contributed by atoms with Crippen molar-refractivity contribution in [3.05, 3.63) is 123 Å². The summed E-state index contributed by atoms with van der Waals surface area (Å²) >= 11 is 25.4. The Balaban J connectivity index is 0.00000227. The molecule has 0 radical (unpaired) electrons. The lowest BCUT2D eigenvalue weighted by Crippen LogP contribution is -2.53. The third-order valence-electron chi connectivity index (χ3n) is 16.4. The van der Waals surface area contributed by atoms with Gasteiger partial charge in [-0.2, -0.15) is 30.3 Å². The predicted octanol–water partition coefficient (Wildman–Crippen LogP) is 25.9. The van der Waals surface area contributed by atoms with Gasteiger partial charge < -0.3 is 18.4 Å². The summed E-state index contributed by atoms with van der Waals surface area (Å²) in [6.07, 6.45) is 53.5. The van der Waals surface area contributed by atoms with Gasteiger partial charge in [0.2, 0.25) is 0 Å². The number of quaternary nitrogens is 1. The fraction of sp³-hybridized carbons (Fsp3) is 0.667. The summed E-state index contributed by atoms with van der Waals surface area (Å²) in [5.41, 5.74) is 1.20. The van der Waals surface area contributed by atoms with Gasteiger partial charge >= 0.3 is 7.32 Å². The van der Waals surface area contributed by atoms with Crippen LogP contribution in [-0.2, 0) is 0 Å². The number of benzene rings is 4. The Morgan fingerprint density at radius 2 is 0.642 bits per heavy atom. The Kier molecular flexibility index (Phi) is 44.6. The van der Waals surface area contributed by atoms with Crippen LogP contribution in [0.4, 0.5) is 0 Å². The summed E-state index contributed by atoms with van der Waals surface area (Å²) in [6, 6.07) is 31.4. The largest absolute Gasteiger partial charge is 0.864 e. The summed E-state index contributed by atoms with van der Waals surface area (Å²) in [6.45, 7) is 12.9. The molecule has 0 bridgehead atoms. The van der Waals surface area contributed by atoms with Crippen molar-refractivity contribution in [1.29, 1.82) is 0 Å². The van der Waals surface area contributed by atoms with E-state index in [0.29, 0.717) is 21.5 Å². The molecule has 0 aliphatic rings. The second kappa shape index (κ2) is 49.7. The van der Waals surface area contributed by atoms with Crippen molar-refractivity contribution in [2.45, 2.75) is 291 Å². The molecule has 456 valence electrons. The molecule has 4 nitrogen and oxygen atoms in total. The van der Waals surface area contributed by atoms with Gasteiger partial charge in [-0.25, -0.2) is 0 Å². The Hall–Kier alpha value is -2.54. The zero-order valence-electron chi connectivity index (χ0n) is 51.9. The first-order valence-corrected chi connectivity index (χ1v) is 35.0. The van der Waals surface area contributed by atoms with Gasteiger partial charge in [0.15, 0.2) is 0 Å². The Morgan fingerprint density at radius 1 is 0.346 bits per heavy atom. The normalized spacial score (nSPS) is 11.8. The van der Waals surface area contributed by atoms with E-state index in [1.807, 2.05) is 54.6 Å². The second-order valence-electron chi connectivity index (χ2n) is 23.5. The molecule has 4 rings (SSSR count). The Bertz CT molecular complexity index is 1920. The van der Waals surface area contributed by atoms with Gasteiger partial charge in [0.25, 0.3) is 0 Å². The van der Waals surface area contributed by atoms with E-state index in [1.165, 1.54) is 276 Å². The minimum atomic E-state index is -1.07. The van der Waals surface area contributed by atoms with Gasteiger partial charge in [-0.05, 0) is 112 Å². The molecule has 81 heavy (non-hydrogen) atoms. The molecule has 0 saturated heterocycles. The zero-order valence-corrected chi connectivity index (χ0v) is 54.9. The van der Waals surface area contributed by atoms with Gasteiger partial charge in [0.05, 0.1) is 25.2 Å². The third kappa shape index (κ3) is 36.2. The number of rotatable bonds is 51. The van der Waals surface area contributed by atoms with Crippen molar-refractivity contribution < 1.29 is 18.4 Å². The number of unbranched alkanes of at least 4 members (excludes halogenated alkanes) is 35. The number of halogens is 4. The average Bonchev–Trinajstić information content (AvgIpc) is 3.67. The van der Waals surface area contributed by atoms with E-state index in [4.69, 9.17) is 60.4 Å². The summed E-state index contributed by atoms with van der Waals surface area (Å²) in [5.74, 6) is 2.02. The van der Waals surface area contributed by atoms with Crippen LogP contribution in [0.1, 0.15) is 296 Å². The molecular weight excluding hydrogens is 1080 g/mol. The highest BCUT2D eigenvalue weighted by atomic mass is 35.5. The first-order valence-electron chi connectivity index (χ1n) is 33.5. The van der Waals surface area contributed by atoms with Crippen LogP contribution in [0.3, 0.4) is 0 Å². The van der Waals surface area contributed by atoms with E-state index in [9.17, 15) is 0 Å². The number of hydrogen-bond donors (Lipinski definition) is 0. The van der Waals surface area contributed by atoms with Crippen LogP contribution in [0, 0.1) is 6.07 Å². The molecule has 0 aliphatic heterocycles. The van der Waals surface area contributed by atoms with Crippen molar-refractivity contribution in [1.82, 2.24) is 0 Å². The molecule has 4 aromatic rings. The van der Waals surface area contributed by atoms with E-state index >= 15 is 0 Å². The maximum absolute atomic E-state index is 7.19. The SMILES string of the molecule is CCCCCCCCCCCC[N+](CCCCCCCCCCCC)(CCCCCCCCCCCC)C(CCCCCCCCCCC)c1cc(Cl)ccc1OB(Oc1ccc(Cl)cc1)Oc1ccc(Cl)cc1.Clc1cc[c-]cc1. The molecular formula is C72H114BCl4NO3. The average molecular weight is 1190 g/mol. The molecule has 0 saturated carbocycles. The van der Waals surface area contributed by atoms with Crippen molar-refractivity contribution in [3.8, 4) is 17.2 Å². The smallest absolute Gasteiger partial charge is 0.490 e. The second-order valence-corrected chi connectivity index (χ2v) is 25.3. The van der Waals surface area contributed by atoms with Crippen molar-refractivity contribution in [2.24, 2.45) is 0 Å². The van der Waals surface area contributed by atoms with Gasteiger partial charge in [0, 0.05) is 21.5 Å². The third-order valence-corrected chi connectivity index (χ3v) is 17.4. The maximum atomic E-state index is 7.19. The minimum absolute atomic E-state index is 0.232. The summed E-state index contributed by atoms with van der Waals surface area (Å²) in [5, 5.41) is 2.81. The molecule has 0 amide bonds. The first-order chi connectivity index (χ1) is 39.7. The zero-order chi connectivity index (χ0) is 58.1. The fourth-order valence-corrected chi connectivity index (χ4v) is 12.2. The highest BCUT2D eigenvalue weighted by molar-refractivity contribution is 6.39. The van der Waals surface area contributed by atoms with Gasteiger partial charge in [0.1, 0.15) is 23.3 Å². The van der Waals surface area contributed by atoms with Gasteiger partial charge in [-0.15, -0.1) is 11.6 Å². The van der Waals surface area contributed by atoms with E-state index in [-0.39, 0.29) is 6.04 Å². The van der Waals surface area contributed by atoms with Crippen LogP contribution in [0.5, 0.6) is 17.2 Å². The highest BCUT2D eigenvalue weighted by Gasteiger charge is 2.40.